The summed E-state index contributed by atoms with van der Waals surface area (Å²) in [5.41, 5.74) is 3.95. The van der Waals surface area contributed by atoms with Crippen molar-refractivity contribution in [2.24, 2.45) is 0 Å². The molecule has 1 nitrogen and oxygen atoms in total. The minimum atomic E-state index is 0.957. The molecule has 0 radical (unpaired) electrons. The van der Waals surface area contributed by atoms with Crippen LogP contribution in [0.2, 0.25) is 0 Å². The van der Waals surface area contributed by atoms with Crippen LogP contribution < -0.4 is 5.32 Å². The summed E-state index contributed by atoms with van der Waals surface area (Å²) in [4.78, 5) is 0. The van der Waals surface area contributed by atoms with Crippen molar-refractivity contribution in [3.8, 4) is 23.8 Å². The molecular weight excluding hydrogens is 278 g/mol. The van der Waals surface area contributed by atoms with Gasteiger partial charge in [0, 0.05) is 28.4 Å². The Balaban J connectivity index is 1.65. The van der Waals surface area contributed by atoms with E-state index < -0.39 is 0 Å². The van der Waals surface area contributed by atoms with Gasteiger partial charge in [-0.2, -0.15) is 0 Å². The van der Waals surface area contributed by atoms with Gasteiger partial charge in [-0.3, -0.25) is 0 Å². The van der Waals surface area contributed by atoms with Crippen LogP contribution in [-0.4, -0.2) is 0 Å². The Morgan fingerprint density at radius 1 is 0.478 bits per heavy atom. The molecule has 0 unspecified atom stereocenters. The van der Waals surface area contributed by atoms with Gasteiger partial charge in [-0.05, 0) is 54.5 Å². The van der Waals surface area contributed by atoms with E-state index in [9.17, 15) is 0 Å². The first kappa shape index (κ1) is 14.5. The molecule has 0 spiro atoms. The average Bonchev–Trinajstić information content (AvgIpc) is 2.63. The third-order valence-corrected chi connectivity index (χ3v) is 3.20. The van der Waals surface area contributed by atoms with Gasteiger partial charge in [0.15, 0.2) is 0 Å². The Morgan fingerprint density at radius 3 is 1.57 bits per heavy atom. The molecule has 0 saturated carbocycles. The Hall–Kier alpha value is -3.42. The molecule has 3 aromatic carbocycles. The SMILES string of the molecule is C(#Cc1ccc(C#Cc2ccccc2)cc1)Nc1ccccc1. The molecule has 108 valence electrons. The summed E-state index contributed by atoms with van der Waals surface area (Å²) in [5.74, 6) is 9.39. The molecule has 0 aliphatic carbocycles. The zero-order valence-electron chi connectivity index (χ0n) is 12.6. The van der Waals surface area contributed by atoms with Gasteiger partial charge in [0.1, 0.15) is 0 Å². The number of nitrogens with one attached hydrogen (secondary N) is 1. The summed E-state index contributed by atoms with van der Waals surface area (Å²) in [6.07, 6.45) is 0. The molecule has 0 amide bonds. The molecule has 1 N–H and O–H groups in total. The van der Waals surface area contributed by atoms with Crippen molar-refractivity contribution in [1.29, 1.82) is 0 Å². The first-order chi connectivity index (χ1) is 11.4. The predicted molar refractivity (Wildman–Crippen MR) is 95.8 cm³/mol. The van der Waals surface area contributed by atoms with Crippen LogP contribution in [0.25, 0.3) is 0 Å². The fraction of sp³-hybridized carbons (Fsp3) is 0. The molecule has 0 heterocycles. The van der Waals surface area contributed by atoms with Crippen LogP contribution in [0.1, 0.15) is 16.7 Å². The molecule has 3 aromatic rings. The highest BCUT2D eigenvalue weighted by Gasteiger charge is 1.89. The minimum absolute atomic E-state index is 0.957. The Labute approximate surface area is 137 Å². The van der Waals surface area contributed by atoms with E-state index in [1.807, 2.05) is 84.9 Å². The highest BCUT2D eigenvalue weighted by Crippen LogP contribution is 2.05. The minimum Gasteiger partial charge on any atom is -0.315 e. The van der Waals surface area contributed by atoms with Crippen molar-refractivity contribution in [1.82, 2.24) is 0 Å². The van der Waals surface area contributed by atoms with Gasteiger partial charge < -0.3 is 5.32 Å². The number of anilines is 1. The lowest BCUT2D eigenvalue weighted by atomic mass is 10.1. The molecule has 0 atom stereocenters. The van der Waals surface area contributed by atoms with Gasteiger partial charge in [0.05, 0.1) is 0 Å². The summed E-state index contributed by atoms with van der Waals surface area (Å²) in [6, 6.07) is 30.8. The molecule has 0 aliphatic rings. The number of hydrogen-bond acceptors (Lipinski definition) is 1. The maximum absolute atomic E-state index is 3.16. The molecule has 0 bridgehead atoms. The number of hydrogen-bond donors (Lipinski definition) is 1. The number of benzene rings is 3. The van der Waals surface area contributed by atoms with Crippen LogP contribution in [0.15, 0.2) is 84.9 Å². The maximum atomic E-state index is 3.16. The third kappa shape index (κ3) is 4.53. The quantitative estimate of drug-likeness (QED) is 0.514. The predicted octanol–water partition coefficient (Wildman–Crippen LogP) is 4.51. The number of rotatable bonds is 1. The van der Waals surface area contributed by atoms with Gasteiger partial charge in [0.25, 0.3) is 0 Å². The fourth-order valence-corrected chi connectivity index (χ4v) is 2.00. The lowest BCUT2D eigenvalue weighted by molar-refractivity contribution is 1.58. The highest BCUT2D eigenvalue weighted by atomic mass is 14.8. The molecule has 0 fully saturated rings. The highest BCUT2D eigenvalue weighted by molar-refractivity contribution is 5.50. The van der Waals surface area contributed by atoms with E-state index in [4.69, 9.17) is 0 Å². The van der Waals surface area contributed by atoms with Gasteiger partial charge in [0.2, 0.25) is 0 Å². The summed E-state index contributed by atoms with van der Waals surface area (Å²) in [6.45, 7) is 0. The molecule has 23 heavy (non-hydrogen) atoms. The molecule has 0 saturated heterocycles. The second-order valence-corrected chi connectivity index (χ2v) is 4.93. The van der Waals surface area contributed by atoms with Gasteiger partial charge in [-0.25, -0.2) is 0 Å². The van der Waals surface area contributed by atoms with Crippen molar-refractivity contribution in [3.05, 3.63) is 102 Å². The van der Waals surface area contributed by atoms with E-state index in [1.165, 1.54) is 0 Å². The lowest BCUT2D eigenvalue weighted by Crippen LogP contribution is -1.87. The number of para-hydroxylation sites is 1. The standard InChI is InChI=1S/C22H15N/c1-3-7-19(8-4-1)11-12-20-13-15-21(16-14-20)17-18-23-22-9-5-2-6-10-22/h1-10,13-16,23H. The second kappa shape index (κ2) is 7.55. The van der Waals surface area contributed by atoms with Crippen molar-refractivity contribution in [3.63, 3.8) is 0 Å². The molecule has 3 rings (SSSR count). The zero-order chi connectivity index (χ0) is 15.7. The third-order valence-electron chi connectivity index (χ3n) is 3.20. The van der Waals surface area contributed by atoms with Crippen molar-refractivity contribution >= 4 is 5.69 Å². The van der Waals surface area contributed by atoms with Crippen LogP contribution in [0, 0.1) is 23.8 Å². The molecule has 1 heteroatoms. The van der Waals surface area contributed by atoms with Gasteiger partial charge in [-0.15, -0.1) is 0 Å². The van der Waals surface area contributed by atoms with Crippen LogP contribution in [0.4, 0.5) is 5.69 Å². The van der Waals surface area contributed by atoms with E-state index in [2.05, 4.69) is 29.1 Å². The molecule has 0 aromatic heterocycles. The zero-order valence-corrected chi connectivity index (χ0v) is 12.6. The van der Waals surface area contributed by atoms with Crippen LogP contribution >= 0.6 is 0 Å². The Bertz CT molecular complexity index is 871. The first-order valence-electron chi connectivity index (χ1n) is 7.39. The topological polar surface area (TPSA) is 12.0 Å². The van der Waals surface area contributed by atoms with Crippen molar-refractivity contribution < 1.29 is 0 Å². The Kier molecular flexibility index (Phi) is 4.76. The summed E-state index contributed by atoms with van der Waals surface area (Å²) in [5, 5.41) is 3.07. The lowest BCUT2D eigenvalue weighted by Gasteiger charge is -1.95. The Morgan fingerprint density at radius 2 is 0.957 bits per heavy atom. The second-order valence-electron chi connectivity index (χ2n) is 4.93. The van der Waals surface area contributed by atoms with E-state index in [0.29, 0.717) is 0 Å². The van der Waals surface area contributed by atoms with Gasteiger partial charge in [-0.1, -0.05) is 48.2 Å². The smallest absolute Gasteiger partial charge is 0.0459 e. The van der Waals surface area contributed by atoms with E-state index in [-0.39, 0.29) is 0 Å². The first-order valence-corrected chi connectivity index (χ1v) is 7.39. The van der Waals surface area contributed by atoms with Crippen LogP contribution in [0.5, 0.6) is 0 Å². The molecular formula is C22H15N. The van der Waals surface area contributed by atoms with E-state index in [1.54, 1.807) is 0 Å². The largest absolute Gasteiger partial charge is 0.315 e. The maximum Gasteiger partial charge on any atom is 0.0459 e. The summed E-state index contributed by atoms with van der Waals surface area (Å²) < 4.78 is 0. The van der Waals surface area contributed by atoms with Gasteiger partial charge >= 0.3 is 0 Å². The van der Waals surface area contributed by atoms with Crippen molar-refractivity contribution in [2.75, 3.05) is 5.32 Å². The summed E-state index contributed by atoms with van der Waals surface area (Å²) >= 11 is 0. The normalized spacial score (nSPS) is 9.04. The van der Waals surface area contributed by atoms with E-state index in [0.717, 1.165) is 22.4 Å². The van der Waals surface area contributed by atoms with Crippen LogP contribution in [0.3, 0.4) is 0 Å². The van der Waals surface area contributed by atoms with E-state index >= 15 is 0 Å². The fourth-order valence-electron chi connectivity index (χ4n) is 2.00. The van der Waals surface area contributed by atoms with Crippen LogP contribution in [-0.2, 0) is 0 Å². The molecule has 0 aliphatic heterocycles. The average molecular weight is 293 g/mol. The van der Waals surface area contributed by atoms with Crippen molar-refractivity contribution in [2.45, 2.75) is 0 Å². The summed E-state index contributed by atoms with van der Waals surface area (Å²) in [7, 11) is 0. The monoisotopic (exact) mass is 293 g/mol.